The topological polar surface area (TPSA) is 640 Å². The van der Waals surface area contributed by atoms with E-state index in [1.807, 2.05) is 4.98 Å². The van der Waals surface area contributed by atoms with Crippen molar-refractivity contribution in [3.05, 3.63) is 74.8 Å². The summed E-state index contributed by atoms with van der Waals surface area (Å²) in [6.45, 7) is -4.31. The van der Waals surface area contributed by atoms with Gasteiger partial charge in [0.1, 0.15) is 104 Å². The Bertz CT molecular complexity index is 4190. The summed E-state index contributed by atoms with van der Waals surface area (Å²) in [7, 11) is -19.6. The number of rotatable bonds is 31. The lowest BCUT2D eigenvalue weighted by molar-refractivity contribution is -0.0715. The molecule has 53 heteroatoms. The number of phosphoric acid groups is 3. The highest BCUT2D eigenvalue weighted by Crippen LogP contribution is 2.68. The molecule has 99 heavy (non-hydrogen) atoms. The highest BCUT2D eigenvalue weighted by atomic mass is 31.3. The summed E-state index contributed by atoms with van der Waals surface area (Å²) in [5.74, 6) is -0.143. The molecule has 0 spiro atoms. The third-order valence-electron chi connectivity index (χ3n) is 15.2. The Hall–Kier alpha value is -5.92. The number of phosphoric ester groups is 2. The van der Waals surface area contributed by atoms with Crippen molar-refractivity contribution in [3.8, 4) is 0 Å². The third kappa shape index (κ3) is 16.9. The largest absolute Gasteiger partial charge is 0.570 e. The summed E-state index contributed by atoms with van der Waals surface area (Å²) >= 11 is 0. The Balaban J connectivity index is 0.833. The molecule has 19 atom stereocenters. The molecule has 48 nitrogen and oxygen atoms in total. The number of nitrogens with zero attached hydrogens (tertiary/aromatic N) is 13. The van der Waals surface area contributed by atoms with Gasteiger partial charge < -0.3 is 79.2 Å². The number of nitrogens with two attached hydrogens (primary N) is 2. The van der Waals surface area contributed by atoms with Gasteiger partial charge in [0.25, 0.3) is 11.1 Å². The third-order valence-corrected chi connectivity index (χ3v) is 21.5. The highest BCUT2D eigenvalue weighted by molar-refractivity contribution is 7.66. The van der Waals surface area contributed by atoms with E-state index in [1.165, 1.54) is 48.0 Å². The highest BCUT2D eigenvalue weighted by Gasteiger charge is 2.61. The molecule has 4 aliphatic rings. The predicted octanol–water partition coefficient (Wildman–Crippen LogP) is -3.61. The number of aromatic nitrogens is 12. The first-order valence-corrected chi connectivity index (χ1v) is 36.1. The van der Waals surface area contributed by atoms with E-state index < -0.39 is 181 Å². The summed E-state index contributed by atoms with van der Waals surface area (Å²) in [6, 6.07) is 1.94. The summed E-state index contributed by atoms with van der Waals surface area (Å²) in [6.07, 6.45) is -18.3. The number of hydrogen-bond acceptors (Lipinski definition) is 39. The molecular formula is C46H68N17O31P5+2. The van der Waals surface area contributed by atoms with E-state index in [4.69, 9.17) is 76.5 Å². The molecule has 6 aromatic rings. The van der Waals surface area contributed by atoms with Crippen LogP contribution in [0.3, 0.4) is 0 Å². The maximum absolute atomic E-state index is 13.5. The van der Waals surface area contributed by atoms with Crippen molar-refractivity contribution in [2.45, 2.75) is 98.2 Å². The number of imidazole rings is 2. The lowest BCUT2D eigenvalue weighted by atomic mass is 10.1. The van der Waals surface area contributed by atoms with Gasteiger partial charge in [0.15, 0.2) is 60.0 Å². The normalized spacial score (nSPS) is 29.4. The van der Waals surface area contributed by atoms with Crippen LogP contribution in [0.1, 0.15) is 18.7 Å². The van der Waals surface area contributed by atoms with Crippen LogP contribution < -0.4 is 38.1 Å². The van der Waals surface area contributed by atoms with Crippen LogP contribution in [0.15, 0.2) is 63.0 Å². The first kappa shape index (κ1) is 75.7. The zero-order valence-electron chi connectivity index (χ0n) is 52.4. The van der Waals surface area contributed by atoms with Gasteiger partial charge in [-0.15, -0.1) is 9.05 Å². The van der Waals surface area contributed by atoms with Gasteiger partial charge in [0.05, 0.1) is 32.2 Å². The van der Waals surface area contributed by atoms with Crippen molar-refractivity contribution in [3.63, 3.8) is 0 Å². The molecule has 7 unspecified atom stereocenters. The number of nitrogens with one attached hydrogen (secondary N) is 2. The van der Waals surface area contributed by atoms with Gasteiger partial charge in [-0.25, -0.2) is 48.4 Å². The minimum absolute atomic E-state index is 0.00844. The molecule has 4 aliphatic heterocycles. The van der Waals surface area contributed by atoms with Crippen LogP contribution in [0.2, 0.25) is 0 Å². The van der Waals surface area contributed by atoms with Crippen molar-refractivity contribution in [2.75, 3.05) is 97.3 Å². The van der Waals surface area contributed by atoms with Crippen LogP contribution in [-0.4, -0.2) is 265 Å². The van der Waals surface area contributed by atoms with Crippen molar-refractivity contribution in [2.24, 2.45) is 4.99 Å². The molecule has 10 heterocycles. The summed E-state index contributed by atoms with van der Waals surface area (Å²) in [5, 5.41) is 21.8. The van der Waals surface area contributed by atoms with Gasteiger partial charge in [-0.1, -0.05) is 0 Å². The number of methoxy groups -OCH3 is 4. The second-order valence-corrected chi connectivity index (χ2v) is 29.2. The zero-order valence-corrected chi connectivity index (χ0v) is 56.9. The van der Waals surface area contributed by atoms with E-state index in [1.54, 1.807) is 14.1 Å². The molecule has 10 rings (SSSR count). The number of ether oxygens (including phenoxy) is 8. The average molecular weight is 1510 g/mol. The predicted molar refractivity (Wildman–Crippen MR) is 330 cm³/mol. The molecule has 0 radical (unpaired) electrons. The summed E-state index contributed by atoms with van der Waals surface area (Å²) in [5.41, 5.74) is 9.94. The Labute approximate surface area is 555 Å². The van der Waals surface area contributed by atoms with Crippen molar-refractivity contribution >= 4 is 91.9 Å². The molecule has 4 fully saturated rings. The molecular weight excluding hydrogens is 1440 g/mol. The monoisotopic (exact) mass is 1510 g/mol. The van der Waals surface area contributed by atoms with E-state index in [-0.39, 0.29) is 45.7 Å². The molecule has 0 amide bonds. The van der Waals surface area contributed by atoms with Gasteiger partial charge in [-0.2, -0.15) is 42.2 Å². The first-order chi connectivity index (χ1) is 46.7. The van der Waals surface area contributed by atoms with Gasteiger partial charge in [0.2, 0.25) is 5.95 Å². The van der Waals surface area contributed by atoms with Gasteiger partial charge in [-0.05, 0) is 0 Å². The average Bonchev–Trinajstić information content (AvgIpc) is 1.63. The van der Waals surface area contributed by atoms with Crippen LogP contribution in [0.4, 0.5) is 23.4 Å². The van der Waals surface area contributed by atoms with E-state index >= 15 is 0 Å². The van der Waals surface area contributed by atoms with Gasteiger partial charge in [0, 0.05) is 67.9 Å². The molecule has 0 aromatic carbocycles. The number of H-pyrrole nitrogens is 2. The smallest absolute Gasteiger partial charge is 0.387 e. The number of aliphatic hydroxyl groups is 2. The van der Waals surface area contributed by atoms with Crippen LogP contribution in [0.5, 0.6) is 0 Å². The Morgan fingerprint density at radius 2 is 1.08 bits per heavy atom. The molecule has 546 valence electrons. The maximum atomic E-state index is 13.5. The maximum Gasteiger partial charge on any atom is 0.570 e. The van der Waals surface area contributed by atoms with Crippen molar-refractivity contribution in [1.29, 1.82) is 0 Å². The lowest BCUT2D eigenvalue weighted by Gasteiger charge is -2.28. The quantitative estimate of drug-likeness (QED) is 0.0114. The fourth-order valence-corrected chi connectivity index (χ4v) is 16.3. The Morgan fingerprint density at radius 3 is 1.56 bits per heavy atom. The van der Waals surface area contributed by atoms with Gasteiger partial charge >= 0.3 is 45.5 Å². The van der Waals surface area contributed by atoms with Crippen LogP contribution in [0, 0.1) is 0 Å². The lowest BCUT2D eigenvalue weighted by Crippen LogP contribution is -2.44. The van der Waals surface area contributed by atoms with Gasteiger partial charge in [-0.3, -0.25) is 52.2 Å². The van der Waals surface area contributed by atoms with Crippen LogP contribution >= 0.6 is 39.8 Å². The van der Waals surface area contributed by atoms with E-state index in [0.717, 1.165) is 61.0 Å². The standard InChI is InChI=1S/C46H66N17O31P5/c1-49-17-61(24-10-26(65)57-45(56-24)59(2)3)41-30(67)29(66)20(87-41)11-85-97(73,74)93-99(77,78)94-98(75,76)86-14-23-33(36(82-7)44(90-23)63-19-55-28-38(48)51-16-53-40(28)63)92-96(71,72)84-13-22-32(35(81-6)42(89-22)60-9-8-25(64)58-46(60)68)91-95(69,70)83-12-21-31(79-4)34(80-5)43(88-21)62-18-54-27-37(47)50-15-52-39(27)62/h8-10,15-23,29-36,41-44,66-67,69-72H,11-14H2,1-7H3,(H7-2,47,48,50,51,52,53,56,57,58,64,65,68,73,74,75,76,77,78)/p+2/t20-,21-,22-,23-,29+,30?,31?,32?,33?,34+,35+,36+,41-,42-,43-,44-/m1/s1. The van der Waals surface area contributed by atoms with Crippen molar-refractivity contribution < 1.29 is 132 Å². The molecule has 4 saturated heterocycles. The number of anilines is 4. The van der Waals surface area contributed by atoms with Crippen LogP contribution in [0.25, 0.3) is 22.3 Å². The Morgan fingerprint density at radius 1 is 0.616 bits per heavy atom. The fourth-order valence-electron chi connectivity index (χ4n) is 10.9. The Kier molecular flexibility index (Phi) is 23.4. The summed E-state index contributed by atoms with van der Waals surface area (Å²) < 4.78 is 131. The number of aromatic amines is 2. The first-order valence-electron chi connectivity index (χ1n) is 28.5. The second-order valence-electron chi connectivity index (χ2n) is 21.7. The number of fused-ring (bicyclic) bond motifs is 2. The number of aliphatic imine (C=N–C) groups is 1. The molecule has 0 bridgehead atoms. The van der Waals surface area contributed by atoms with Crippen molar-refractivity contribution in [1.82, 2.24) is 58.6 Å². The van der Waals surface area contributed by atoms with E-state index in [0.29, 0.717) is 0 Å². The number of nitrogen functional groups attached to an aromatic ring is 2. The SMILES string of the molecule is CN=CN(c1cc(=O)[nH]c(N(C)C)n1)[C@@H]1O[C@H](COP(=O)(O)OP(=O)(O)OP(=O)(O)OC[C@H]2O[C@@H](n3cnc4c(N)ncnc43)[C@@H](OC)C2O[P+](O)(O)OC[C@H]2O[C@@H](n3ccc(=O)[nH]c3=O)[C@@H](OC)C2O[P+](O)(O)OC[C@H]2O[C@@H](n3cnc4c(N)ncnc43)[C@@H](OC)C2OC)[C@H](O)C1O. The fraction of sp³-hybridized carbons (Fsp3) is 0.587. The molecule has 0 aliphatic carbocycles. The summed E-state index contributed by atoms with van der Waals surface area (Å²) in [4.78, 5) is 156. The minimum Gasteiger partial charge on any atom is -0.387 e. The number of hydrogen-bond donors (Lipinski definition) is 13. The van der Waals surface area contributed by atoms with Crippen LogP contribution in [-0.2, 0) is 87.4 Å². The zero-order chi connectivity index (χ0) is 71.8. The van der Waals surface area contributed by atoms with E-state index in [2.05, 4.69) is 53.5 Å². The minimum atomic E-state index is -6.30. The van der Waals surface area contributed by atoms with E-state index in [9.17, 15) is 72.5 Å². The number of aliphatic hydroxyl groups excluding tert-OH is 2. The molecule has 15 N–H and O–H groups in total. The molecule has 0 saturated carbocycles. The molecule has 6 aromatic heterocycles. The second kappa shape index (κ2) is 30.6.